The fraction of sp³-hybridized carbons (Fsp3) is 0.400. The summed E-state index contributed by atoms with van der Waals surface area (Å²) in [5, 5.41) is 1.03. The molecule has 0 amide bonds. The number of nitrogen functional groups attached to an aromatic ring is 1. The summed E-state index contributed by atoms with van der Waals surface area (Å²) in [5.41, 5.74) is 7.30. The molecule has 1 aromatic carbocycles. The molecule has 3 heteroatoms. The minimum absolute atomic E-state index is 0.683. The highest BCUT2D eigenvalue weighted by molar-refractivity contribution is 5.86. The van der Waals surface area contributed by atoms with Crippen molar-refractivity contribution in [3.05, 3.63) is 30.5 Å². The molecule has 1 aromatic heterocycles. The molecule has 0 unspecified atom stereocenters. The summed E-state index contributed by atoms with van der Waals surface area (Å²) in [5.74, 6) is 0.851. The first-order valence-corrected chi connectivity index (χ1v) is 6.58. The van der Waals surface area contributed by atoms with Gasteiger partial charge in [0.1, 0.15) is 11.3 Å². The highest BCUT2D eigenvalue weighted by atomic mass is 16.5. The predicted octanol–water partition coefficient (Wildman–Crippen LogP) is 3.78. The lowest BCUT2D eigenvalue weighted by molar-refractivity contribution is 0.308. The molecule has 0 fully saturated rings. The number of anilines is 1. The Morgan fingerprint density at radius 1 is 1.22 bits per heavy atom. The number of aromatic nitrogens is 1. The van der Waals surface area contributed by atoms with E-state index in [0.717, 1.165) is 29.7 Å². The third kappa shape index (κ3) is 3.13. The number of nitrogens with two attached hydrogens (primary N) is 1. The van der Waals surface area contributed by atoms with Crippen LogP contribution in [0.1, 0.15) is 32.6 Å². The van der Waals surface area contributed by atoms with E-state index in [4.69, 9.17) is 10.5 Å². The average Bonchev–Trinajstić information content (AvgIpc) is 2.38. The van der Waals surface area contributed by atoms with E-state index in [2.05, 4.69) is 11.9 Å². The maximum atomic E-state index is 5.80. The van der Waals surface area contributed by atoms with Crippen molar-refractivity contribution in [2.75, 3.05) is 12.3 Å². The van der Waals surface area contributed by atoms with Gasteiger partial charge in [-0.15, -0.1) is 0 Å². The summed E-state index contributed by atoms with van der Waals surface area (Å²) in [4.78, 5) is 4.35. The van der Waals surface area contributed by atoms with Crippen molar-refractivity contribution in [3.63, 3.8) is 0 Å². The number of ether oxygens (including phenoxy) is 1. The molecule has 0 aliphatic heterocycles. The molecule has 0 aliphatic rings. The quantitative estimate of drug-likeness (QED) is 0.787. The second-order valence-electron chi connectivity index (χ2n) is 4.51. The van der Waals surface area contributed by atoms with Crippen LogP contribution in [0.2, 0.25) is 0 Å². The lowest BCUT2D eigenvalue weighted by atomic mass is 10.2. The number of pyridine rings is 1. The van der Waals surface area contributed by atoms with Gasteiger partial charge in [-0.2, -0.15) is 0 Å². The molecule has 0 bridgehead atoms. The molecule has 0 spiro atoms. The smallest absolute Gasteiger partial charge is 0.145 e. The van der Waals surface area contributed by atoms with E-state index in [0.29, 0.717) is 5.69 Å². The first kappa shape index (κ1) is 12.7. The number of fused-ring (bicyclic) bond motifs is 1. The predicted molar refractivity (Wildman–Crippen MR) is 75.8 cm³/mol. The Balaban J connectivity index is 2.04. The molecular formula is C15H20N2O. The number of hydrogen-bond donors (Lipinski definition) is 1. The van der Waals surface area contributed by atoms with Crippen LogP contribution in [0.4, 0.5) is 5.69 Å². The fourth-order valence-electron chi connectivity index (χ4n) is 1.98. The summed E-state index contributed by atoms with van der Waals surface area (Å²) in [6.07, 6.45) is 6.51. The molecule has 2 aromatic rings. The maximum Gasteiger partial charge on any atom is 0.145 e. The number of nitrogens with zero attached hydrogens (tertiary/aromatic N) is 1. The zero-order chi connectivity index (χ0) is 12.8. The first-order chi connectivity index (χ1) is 8.81. The van der Waals surface area contributed by atoms with Crippen LogP contribution in [0.15, 0.2) is 30.5 Å². The SMILES string of the molecule is CCCCCCOc1cccc2cc(N)cnc12. The number of benzene rings is 1. The summed E-state index contributed by atoms with van der Waals surface area (Å²) in [7, 11) is 0. The number of para-hydroxylation sites is 1. The van der Waals surface area contributed by atoms with Gasteiger partial charge in [-0.1, -0.05) is 38.3 Å². The van der Waals surface area contributed by atoms with Gasteiger partial charge in [-0.25, -0.2) is 0 Å². The summed E-state index contributed by atoms with van der Waals surface area (Å²) in [6.45, 7) is 2.96. The fourth-order valence-corrected chi connectivity index (χ4v) is 1.98. The minimum Gasteiger partial charge on any atom is -0.491 e. The molecule has 0 radical (unpaired) electrons. The Hall–Kier alpha value is -1.77. The van der Waals surface area contributed by atoms with Crippen LogP contribution in [-0.4, -0.2) is 11.6 Å². The lowest BCUT2D eigenvalue weighted by Gasteiger charge is -2.08. The highest BCUT2D eigenvalue weighted by Gasteiger charge is 2.03. The Bertz CT molecular complexity index is 511. The first-order valence-electron chi connectivity index (χ1n) is 6.58. The van der Waals surface area contributed by atoms with Gasteiger partial charge in [0, 0.05) is 5.39 Å². The van der Waals surface area contributed by atoms with Crippen LogP contribution < -0.4 is 10.5 Å². The van der Waals surface area contributed by atoms with Gasteiger partial charge in [-0.3, -0.25) is 4.98 Å². The van der Waals surface area contributed by atoms with Gasteiger partial charge in [0.2, 0.25) is 0 Å². The lowest BCUT2D eigenvalue weighted by Crippen LogP contribution is -1.98. The molecule has 2 N–H and O–H groups in total. The van der Waals surface area contributed by atoms with E-state index < -0.39 is 0 Å². The van der Waals surface area contributed by atoms with Crippen molar-refractivity contribution >= 4 is 16.6 Å². The van der Waals surface area contributed by atoms with Crippen molar-refractivity contribution < 1.29 is 4.74 Å². The number of unbranched alkanes of at least 4 members (excludes halogenated alkanes) is 3. The Morgan fingerprint density at radius 3 is 2.94 bits per heavy atom. The van der Waals surface area contributed by atoms with Crippen molar-refractivity contribution in [1.82, 2.24) is 4.98 Å². The summed E-state index contributed by atoms with van der Waals surface area (Å²) in [6, 6.07) is 7.87. The molecule has 0 aliphatic carbocycles. The normalized spacial score (nSPS) is 10.7. The Morgan fingerprint density at radius 2 is 2.11 bits per heavy atom. The van der Waals surface area contributed by atoms with Gasteiger partial charge >= 0.3 is 0 Å². The van der Waals surface area contributed by atoms with Crippen molar-refractivity contribution in [2.24, 2.45) is 0 Å². The zero-order valence-corrected chi connectivity index (χ0v) is 10.9. The van der Waals surface area contributed by atoms with Crippen LogP contribution >= 0.6 is 0 Å². The monoisotopic (exact) mass is 244 g/mol. The van der Waals surface area contributed by atoms with E-state index >= 15 is 0 Å². The second-order valence-corrected chi connectivity index (χ2v) is 4.51. The summed E-state index contributed by atoms with van der Waals surface area (Å²) >= 11 is 0. The molecule has 3 nitrogen and oxygen atoms in total. The third-order valence-electron chi connectivity index (χ3n) is 2.95. The minimum atomic E-state index is 0.683. The van der Waals surface area contributed by atoms with Gasteiger partial charge in [0.05, 0.1) is 18.5 Å². The van der Waals surface area contributed by atoms with Crippen LogP contribution in [-0.2, 0) is 0 Å². The standard InChI is InChI=1S/C15H20N2O/c1-2-3-4-5-9-18-14-8-6-7-12-10-13(16)11-17-15(12)14/h6-8,10-11H,2-5,9,16H2,1H3. The van der Waals surface area contributed by atoms with Gasteiger partial charge in [-0.05, 0) is 18.6 Å². The van der Waals surface area contributed by atoms with Crippen molar-refractivity contribution in [1.29, 1.82) is 0 Å². The van der Waals surface area contributed by atoms with E-state index in [1.807, 2.05) is 24.3 Å². The van der Waals surface area contributed by atoms with E-state index in [9.17, 15) is 0 Å². The van der Waals surface area contributed by atoms with Crippen LogP contribution in [0.3, 0.4) is 0 Å². The molecule has 0 saturated heterocycles. The third-order valence-corrected chi connectivity index (χ3v) is 2.95. The number of rotatable bonds is 6. The van der Waals surface area contributed by atoms with E-state index in [1.165, 1.54) is 19.3 Å². The molecule has 18 heavy (non-hydrogen) atoms. The largest absolute Gasteiger partial charge is 0.491 e. The number of hydrogen-bond acceptors (Lipinski definition) is 3. The molecule has 0 saturated carbocycles. The van der Waals surface area contributed by atoms with Gasteiger partial charge in [0.25, 0.3) is 0 Å². The molecular weight excluding hydrogens is 224 g/mol. The van der Waals surface area contributed by atoms with E-state index in [1.54, 1.807) is 6.20 Å². The Labute approximate surface area is 108 Å². The topological polar surface area (TPSA) is 48.1 Å². The Kier molecular flexibility index (Phi) is 4.40. The average molecular weight is 244 g/mol. The molecule has 1 heterocycles. The molecule has 0 atom stereocenters. The highest BCUT2D eigenvalue weighted by Crippen LogP contribution is 2.24. The second kappa shape index (κ2) is 6.24. The van der Waals surface area contributed by atoms with Crippen LogP contribution in [0, 0.1) is 0 Å². The van der Waals surface area contributed by atoms with Crippen molar-refractivity contribution in [3.8, 4) is 5.75 Å². The van der Waals surface area contributed by atoms with Gasteiger partial charge < -0.3 is 10.5 Å². The van der Waals surface area contributed by atoms with Crippen LogP contribution in [0.5, 0.6) is 5.75 Å². The van der Waals surface area contributed by atoms with Crippen molar-refractivity contribution in [2.45, 2.75) is 32.6 Å². The zero-order valence-electron chi connectivity index (χ0n) is 10.9. The summed E-state index contributed by atoms with van der Waals surface area (Å²) < 4.78 is 5.80. The molecule has 96 valence electrons. The maximum absolute atomic E-state index is 5.80. The molecule has 2 rings (SSSR count). The van der Waals surface area contributed by atoms with Crippen LogP contribution in [0.25, 0.3) is 10.9 Å². The van der Waals surface area contributed by atoms with E-state index in [-0.39, 0.29) is 0 Å². The van der Waals surface area contributed by atoms with Gasteiger partial charge in [0.15, 0.2) is 0 Å².